The maximum atomic E-state index is 6.07. The third kappa shape index (κ3) is 5.43. The second-order valence-electron chi connectivity index (χ2n) is 6.67. The minimum absolute atomic E-state index is 0.0644. The van der Waals surface area contributed by atoms with Crippen LogP contribution in [-0.4, -0.2) is 22.8 Å². The average Bonchev–Trinajstić information content (AvgIpc) is 3.02. The van der Waals surface area contributed by atoms with Gasteiger partial charge in [-0.25, -0.2) is 4.98 Å². The molecule has 1 saturated carbocycles. The zero-order chi connectivity index (χ0) is 19.2. The third-order valence-electron chi connectivity index (χ3n) is 4.40. The molecule has 144 valence electrons. The molecule has 2 aromatic rings. The first-order valence-corrected chi connectivity index (χ1v) is 9.97. The minimum Gasteiger partial charge on any atom is -0.490 e. The molecule has 0 radical (unpaired) electrons. The van der Waals surface area contributed by atoms with Gasteiger partial charge in [0.2, 0.25) is 5.96 Å². The summed E-state index contributed by atoms with van der Waals surface area (Å²) in [6, 6.07) is 8.03. The summed E-state index contributed by atoms with van der Waals surface area (Å²) in [5.41, 5.74) is 13.2. The third-order valence-corrected chi connectivity index (χ3v) is 5.58. The van der Waals surface area contributed by atoms with Crippen LogP contribution in [0.4, 0.5) is 10.8 Å². The number of benzene rings is 1. The first-order chi connectivity index (χ1) is 13.0. The average molecular weight is 387 g/mol. The molecule has 0 amide bonds. The zero-order valence-electron chi connectivity index (χ0n) is 15.7. The van der Waals surface area contributed by atoms with Crippen molar-refractivity contribution in [3.8, 4) is 5.75 Å². The SMILES string of the molecule is CC(=NN=C(N)N)c1sc(Nc2ccc(OC3CCCCC3)cc2)nc1C. The van der Waals surface area contributed by atoms with E-state index in [4.69, 9.17) is 16.2 Å². The van der Waals surface area contributed by atoms with Gasteiger partial charge in [0.1, 0.15) is 5.75 Å². The number of guanidine groups is 1. The van der Waals surface area contributed by atoms with Gasteiger partial charge in [-0.15, -0.1) is 5.10 Å². The van der Waals surface area contributed by atoms with Crippen molar-refractivity contribution in [2.45, 2.75) is 52.1 Å². The second kappa shape index (κ2) is 8.85. The van der Waals surface area contributed by atoms with Gasteiger partial charge >= 0.3 is 0 Å². The summed E-state index contributed by atoms with van der Waals surface area (Å²) in [5, 5.41) is 11.8. The summed E-state index contributed by atoms with van der Waals surface area (Å²) < 4.78 is 6.07. The lowest BCUT2D eigenvalue weighted by Crippen LogP contribution is -2.22. The van der Waals surface area contributed by atoms with Gasteiger partial charge in [-0.3, -0.25) is 0 Å². The molecule has 0 saturated heterocycles. The highest BCUT2D eigenvalue weighted by molar-refractivity contribution is 7.17. The molecule has 0 atom stereocenters. The molecule has 1 aromatic heterocycles. The van der Waals surface area contributed by atoms with Crippen molar-refractivity contribution >= 4 is 33.8 Å². The van der Waals surface area contributed by atoms with Crippen molar-refractivity contribution in [2.75, 3.05) is 5.32 Å². The molecule has 0 unspecified atom stereocenters. The lowest BCUT2D eigenvalue weighted by Gasteiger charge is -2.23. The van der Waals surface area contributed by atoms with E-state index in [1.807, 2.05) is 38.1 Å². The highest BCUT2D eigenvalue weighted by atomic mass is 32.1. The molecule has 1 aliphatic rings. The van der Waals surface area contributed by atoms with Gasteiger partial charge in [0.15, 0.2) is 5.13 Å². The Morgan fingerprint density at radius 1 is 1.15 bits per heavy atom. The Kier molecular flexibility index (Phi) is 6.28. The van der Waals surface area contributed by atoms with Crippen LogP contribution in [-0.2, 0) is 0 Å². The van der Waals surface area contributed by atoms with E-state index in [1.165, 1.54) is 30.6 Å². The van der Waals surface area contributed by atoms with Crippen LogP contribution in [0.1, 0.15) is 49.6 Å². The van der Waals surface area contributed by atoms with E-state index in [-0.39, 0.29) is 5.96 Å². The Hall–Kier alpha value is -2.61. The van der Waals surface area contributed by atoms with E-state index in [1.54, 1.807) is 0 Å². The van der Waals surface area contributed by atoms with E-state index < -0.39 is 0 Å². The van der Waals surface area contributed by atoms with Gasteiger partial charge in [0.05, 0.1) is 22.4 Å². The van der Waals surface area contributed by atoms with Crippen LogP contribution in [0, 0.1) is 6.92 Å². The first kappa shape index (κ1) is 19.2. The van der Waals surface area contributed by atoms with Gasteiger partial charge in [-0.05, 0) is 63.8 Å². The topological polar surface area (TPSA) is 111 Å². The molecule has 1 aliphatic carbocycles. The van der Waals surface area contributed by atoms with E-state index in [2.05, 4.69) is 20.5 Å². The molecular weight excluding hydrogens is 360 g/mol. The largest absolute Gasteiger partial charge is 0.490 e. The Labute approximate surface area is 163 Å². The van der Waals surface area contributed by atoms with Crippen LogP contribution in [0.5, 0.6) is 5.75 Å². The van der Waals surface area contributed by atoms with Crippen LogP contribution in [0.3, 0.4) is 0 Å². The number of thiazole rings is 1. The molecule has 5 N–H and O–H groups in total. The smallest absolute Gasteiger partial charge is 0.211 e. The van der Waals surface area contributed by atoms with Gasteiger partial charge in [-0.1, -0.05) is 17.8 Å². The van der Waals surface area contributed by atoms with Crippen molar-refractivity contribution in [1.29, 1.82) is 0 Å². The molecule has 7 nitrogen and oxygen atoms in total. The number of aryl methyl sites for hydroxylation is 1. The van der Waals surface area contributed by atoms with E-state index >= 15 is 0 Å². The number of aromatic nitrogens is 1. The van der Waals surface area contributed by atoms with Crippen LogP contribution >= 0.6 is 11.3 Å². The van der Waals surface area contributed by atoms with Crippen molar-refractivity contribution in [3.05, 3.63) is 34.8 Å². The highest BCUT2D eigenvalue weighted by Gasteiger charge is 2.15. The number of ether oxygens (including phenoxy) is 1. The van der Waals surface area contributed by atoms with Gasteiger partial charge in [0, 0.05) is 5.69 Å². The van der Waals surface area contributed by atoms with E-state index in [0.717, 1.165) is 45.7 Å². The van der Waals surface area contributed by atoms with Crippen LogP contribution in [0.2, 0.25) is 0 Å². The summed E-state index contributed by atoms with van der Waals surface area (Å²) in [6.07, 6.45) is 6.52. The van der Waals surface area contributed by atoms with E-state index in [0.29, 0.717) is 6.10 Å². The summed E-state index contributed by atoms with van der Waals surface area (Å²) >= 11 is 1.51. The van der Waals surface area contributed by atoms with Crippen molar-refractivity contribution in [1.82, 2.24) is 4.98 Å². The van der Waals surface area contributed by atoms with Crippen molar-refractivity contribution in [3.63, 3.8) is 0 Å². The normalized spacial score (nSPS) is 15.4. The Balaban J connectivity index is 1.64. The lowest BCUT2D eigenvalue weighted by atomic mass is 9.98. The minimum atomic E-state index is -0.0644. The van der Waals surface area contributed by atoms with Crippen LogP contribution < -0.4 is 21.5 Å². The van der Waals surface area contributed by atoms with Crippen LogP contribution in [0.15, 0.2) is 34.5 Å². The Morgan fingerprint density at radius 2 is 1.85 bits per heavy atom. The molecule has 27 heavy (non-hydrogen) atoms. The monoisotopic (exact) mass is 386 g/mol. The van der Waals surface area contributed by atoms with Gasteiger partial charge in [-0.2, -0.15) is 5.10 Å². The molecule has 0 spiro atoms. The molecule has 8 heteroatoms. The molecule has 1 fully saturated rings. The second-order valence-corrected chi connectivity index (χ2v) is 7.67. The summed E-state index contributed by atoms with van der Waals surface area (Å²) in [6.45, 7) is 3.79. The Morgan fingerprint density at radius 3 is 2.52 bits per heavy atom. The fourth-order valence-electron chi connectivity index (χ4n) is 3.08. The van der Waals surface area contributed by atoms with E-state index in [9.17, 15) is 0 Å². The van der Waals surface area contributed by atoms with Gasteiger partial charge < -0.3 is 21.5 Å². The number of nitrogens with two attached hydrogens (primary N) is 2. The predicted molar refractivity (Wildman–Crippen MR) is 112 cm³/mol. The summed E-state index contributed by atoms with van der Waals surface area (Å²) in [7, 11) is 0. The van der Waals surface area contributed by atoms with Crippen LogP contribution in [0.25, 0.3) is 0 Å². The number of nitrogens with one attached hydrogen (secondary N) is 1. The number of hydrogen-bond acceptors (Lipinski definition) is 6. The first-order valence-electron chi connectivity index (χ1n) is 9.16. The summed E-state index contributed by atoms with van der Waals surface area (Å²) in [5.74, 6) is 0.856. The standard InChI is InChI=1S/C19H26N6OS/c1-12-17(13(2)24-25-18(20)21)27-19(22-12)23-14-8-10-16(11-9-14)26-15-6-4-3-5-7-15/h8-11,15H,3-7H2,1-2H3,(H,22,23)(H4,20,21,25). The van der Waals surface area contributed by atoms with Crippen molar-refractivity contribution in [2.24, 2.45) is 21.7 Å². The predicted octanol–water partition coefficient (Wildman–Crippen LogP) is 3.90. The molecular formula is C19H26N6OS. The number of rotatable bonds is 6. The quantitative estimate of drug-likeness (QED) is 0.396. The number of hydrogen-bond donors (Lipinski definition) is 3. The molecule has 1 aromatic carbocycles. The summed E-state index contributed by atoms with van der Waals surface area (Å²) in [4.78, 5) is 5.50. The fraction of sp³-hybridized carbons (Fsp3) is 0.421. The molecule has 0 aliphatic heterocycles. The molecule has 0 bridgehead atoms. The maximum absolute atomic E-state index is 6.07. The Bertz CT molecular complexity index is 817. The highest BCUT2D eigenvalue weighted by Crippen LogP contribution is 2.28. The molecule has 1 heterocycles. The zero-order valence-corrected chi connectivity index (χ0v) is 16.6. The van der Waals surface area contributed by atoms with Gasteiger partial charge in [0.25, 0.3) is 0 Å². The molecule has 3 rings (SSSR count). The fourth-order valence-corrected chi connectivity index (χ4v) is 4.01. The number of nitrogens with zero attached hydrogens (tertiary/aromatic N) is 3. The van der Waals surface area contributed by atoms with Crippen molar-refractivity contribution < 1.29 is 4.74 Å². The maximum Gasteiger partial charge on any atom is 0.211 e. The number of anilines is 2. The lowest BCUT2D eigenvalue weighted by molar-refractivity contribution is 0.155.